The molecule has 0 saturated heterocycles. The summed E-state index contributed by atoms with van der Waals surface area (Å²) in [6, 6.07) is 5.93. The minimum atomic E-state index is 0.395. The number of hydrogen-bond acceptors (Lipinski definition) is 0. The van der Waals surface area contributed by atoms with Crippen LogP contribution in [0.15, 0.2) is 18.2 Å². The highest BCUT2D eigenvalue weighted by atomic mass is 127. The van der Waals surface area contributed by atoms with Gasteiger partial charge in [0.1, 0.15) is 0 Å². The van der Waals surface area contributed by atoms with Crippen molar-refractivity contribution < 1.29 is 0 Å². The van der Waals surface area contributed by atoms with E-state index in [1.54, 1.807) is 0 Å². The Hall–Kier alpha value is 0.720. The van der Waals surface area contributed by atoms with Crippen LogP contribution in [0, 0.1) is 3.57 Å². The summed E-state index contributed by atoms with van der Waals surface area (Å²) >= 11 is 11.6. The summed E-state index contributed by atoms with van der Waals surface area (Å²) in [7, 11) is 0. The van der Waals surface area contributed by atoms with Gasteiger partial charge in [-0.1, -0.05) is 33.6 Å². The molecule has 0 saturated carbocycles. The predicted molar refractivity (Wildman–Crippen MR) is 61.5 cm³/mol. The van der Waals surface area contributed by atoms with Gasteiger partial charge in [-0.15, -0.1) is 0 Å². The van der Waals surface area contributed by atoms with Crippen LogP contribution in [0.1, 0.15) is 17.3 Å². The molecule has 11 heavy (non-hydrogen) atoms. The van der Waals surface area contributed by atoms with Crippen molar-refractivity contribution in [2.75, 3.05) is 0 Å². The summed E-state index contributed by atoms with van der Waals surface area (Å²) in [5, 5.41) is 0.798. The molecule has 3 heteroatoms. The van der Waals surface area contributed by atoms with Crippen LogP contribution in [-0.4, -0.2) is 0 Å². The van der Waals surface area contributed by atoms with Crippen LogP contribution in [0.5, 0.6) is 0 Å². The Morgan fingerprint density at radius 1 is 1.55 bits per heavy atom. The highest BCUT2D eigenvalue weighted by Gasteiger charge is 2.04. The maximum atomic E-state index is 5.80. The maximum absolute atomic E-state index is 5.80. The third-order valence-corrected chi connectivity index (χ3v) is 3.05. The lowest BCUT2D eigenvalue weighted by molar-refractivity contribution is 1.11. The van der Waals surface area contributed by atoms with Crippen molar-refractivity contribution in [1.29, 1.82) is 0 Å². The largest absolute Gasteiger partial charge is 0.0843 e. The first-order chi connectivity index (χ1) is 5.11. The molecule has 0 amide bonds. The molecule has 1 aromatic rings. The molecule has 1 unspecified atom stereocenters. The highest BCUT2D eigenvalue weighted by molar-refractivity contribution is 14.1. The second kappa shape index (κ2) is 4.10. The van der Waals surface area contributed by atoms with Crippen molar-refractivity contribution in [3.8, 4) is 0 Å². The van der Waals surface area contributed by atoms with E-state index in [4.69, 9.17) is 11.6 Å². The number of alkyl halides is 1. The van der Waals surface area contributed by atoms with Gasteiger partial charge >= 0.3 is 0 Å². The van der Waals surface area contributed by atoms with E-state index < -0.39 is 0 Å². The SMILES string of the molecule is CC(Br)c1ccc(Cl)cc1I. The van der Waals surface area contributed by atoms with Crippen LogP contribution in [0.2, 0.25) is 5.02 Å². The van der Waals surface area contributed by atoms with Crippen molar-refractivity contribution in [3.63, 3.8) is 0 Å². The molecule has 0 spiro atoms. The molecule has 0 aliphatic carbocycles. The zero-order valence-corrected chi connectivity index (χ0v) is 10.4. The van der Waals surface area contributed by atoms with Gasteiger partial charge in [-0.2, -0.15) is 0 Å². The van der Waals surface area contributed by atoms with Crippen molar-refractivity contribution in [3.05, 3.63) is 32.4 Å². The van der Waals surface area contributed by atoms with Crippen molar-refractivity contribution in [1.82, 2.24) is 0 Å². The minimum absolute atomic E-state index is 0.395. The van der Waals surface area contributed by atoms with Crippen LogP contribution in [0.25, 0.3) is 0 Å². The van der Waals surface area contributed by atoms with Crippen LogP contribution >= 0.6 is 50.1 Å². The van der Waals surface area contributed by atoms with E-state index in [1.807, 2.05) is 18.2 Å². The van der Waals surface area contributed by atoms with E-state index in [0.717, 1.165) is 5.02 Å². The highest BCUT2D eigenvalue weighted by Crippen LogP contribution is 2.28. The summed E-state index contributed by atoms with van der Waals surface area (Å²) in [6.07, 6.45) is 0. The molecule has 1 atom stereocenters. The zero-order valence-electron chi connectivity index (χ0n) is 5.94. The quantitative estimate of drug-likeness (QED) is 0.523. The molecule has 0 radical (unpaired) electrons. The molecule has 0 fully saturated rings. The third-order valence-electron chi connectivity index (χ3n) is 1.39. The van der Waals surface area contributed by atoms with Gasteiger partial charge in [-0.25, -0.2) is 0 Å². The predicted octanol–water partition coefficient (Wildman–Crippen LogP) is 4.40. The summed E-state index contributed by atoms with van der Waals surface area (Å²) in [6.45, 7) is 2.10. The summed E-state index contributed by atoms with van der Waals surface area (Å²) in [5.41, 5.74) is 1.29. The molecule has 1 rings (SSSR count). The first-order valence-corrected chi connectivity index (χ1v) is 5.57. The number of halogens is 3. The smallest absolute Gasteiger partial charge is 0.0416 e. The Morgan fingerprint density at radius 2 is 2.18 bits per heavy atom. The molecule has 0 aliphatic heterocycles. The molecule has 1 aromatic carbocycles. The summed E-state index contributed by atoms with van der Waals surface area (Å²) in [4.78, 5) is 0.395. The molecule has 0 bridgehead atoms. The van der Waals surface area contributed by atoms with Gasteiger partial charge < -0.3 is 0 Å². The summed E-state index contributed by atoms with van der Waals surface area (Å²) < 4.78 is 1.21. The lowest BCUT2D eigenvalue weighted by Crippen LogP contribution is -1.87. The first-order valence-electron chi connectivity index (χ1n) is 3.20. The van der Waals surface area contributed by atoms with E-state index in [2.05, 4.69) is 45.4 Å². The molecule has 60 valence electrons. The van der Waals surface area contributed by atoms with Gasteiger partial charge in [-0.3, -0.25) is 0 Å². The van der Waals surface area contributed by atoms with Crippen LogP contribution in [0.4, 0.5) is 0 Å². The fourth-order valence-corrected chi connectivity index (χ4v) is 2.99. The van der Waals surface area contributed by atoms with Crippen molar-refractivity contribution >= 4 is 50.1 Å². The Kier molecular flexibility index (Phi) is 3.65. The van der Waals surface area contributed by atoms with Crippen molar-refractivity contribution in [2.45, 2.75) is 11.8 Å². The molecule has 0 nitrogen and oxygen atoms in total. The van der Waals surface area contributed by atoms with Crippen LogP contribution in [-0.2, 0) is 0 Å². The lowest BCUT2D eigenvalue weighted by Gasteiger charge is -2.05. The molecular formula is C8H7BrClI. The molecule has 0 aromatic heterocycles. The molecule has 0 N–H and O–H groups in total. The van der Waals surface area contributed by atoms with Gasteiger partial charge in [-0.05, 0) is 47.2 Å². The topological polar surface area (TPSA) is 0 Å². The Balaban J connectivity index is 3.09. The van der Waals surface area contributed by atoms with E-state index in [9.17, 15) is 0 Å². The van der Waals surface area contributed by atoms with Gasteiger partial charge in [0.05, 0.1) is 0 Å². The average Bonchev–Trinajstić information content (AvgIpc) is 1.85. The van der Waals surface area contributed by atoms with Gasteiger partial charge in [0.25, 0.3) is 0 Å². The second-order valence-corrected chi connectivity index (χ2v) is 5.25. The van der Waals surface area contributed by atoms with Gasteiger partial charge in [0.2, 0.25) is 0 Å². The third kappa shape index (κ3) is 2.60. The zero-order chi connectivity index (χ0) is 8.43. The molecule has 0 heterocycles. The van der Waals surface area contributed by atoms with E-state index in [1.165, 1.54) is 9.13 Å². The molecular weight excluding hydrogens is 338 g/mol. The van der Waals surface area contributed by atoms with E-state index in [0.29, 0.717) is 4.83 Å². The Labute approximate surface area is 93.6 Å². The number of benzene rings is 1. The first kappa shape index (κ1) is 9.81. The van der Waals surface area contributed by atoms with Crippen LogP contribution in [0.3, 0.4) is 0 Å². The van der Waals surface area contributed by atoms with Gasteiger partial charge in [0, 0.05) is 13.4 Å². The van der Waals surface area contributed by atoms with Crippen molar-refractivity contribution in [2.24, 2.45) is 0 Å². The van der Waals surface area contributed by atoms with E-state index >= 15 is 0 Å². The maximum Gasteiger partial charge on any atom is 0.0416 e. The Bertz CT molecular complexity index is 260. The monoisotopic (exact) mass is 344 g/mol. The fourth-order valence-electron chi connectivity index (χ4n) is 0.824. The fraction of sp³-hybridized carbons (Fsp3) is 0.250. The van der Waals surface area contributed by atoms with Crippen LogP contribution < -0.4 is 0 Å². The Morgan fingerprint density at radius 3 is 2.64 bits per heavy atom. The molecule has 0 aliphatic rings. The minimum Gasteiger partial charge on any atom is -0.0843 e. The van der Waals surface area contributed by atoms with Gasteiger partial charge in [0.15, 0.2) is 0 Å². The van der Waals surface area contributed by atoms with E-state index in [-0.39, 0.29) is 0 Å². The number of hydrogen-bond donors (Lipinski definition) is 0. The number of rotatable bonds is 1. The second-order valence-electron chi connectivity index (χ2n) is 2.28. The normalized spacial score (nSPS) is 13.1. The lowest BCUT2D eigenvalue weighted by atomic mass is 10.2. The standard InChI is InChI=1S/C8H7BrClI/c1-5(9)7-3-2-6(10)4-8(7)11/h2-5H,1H3. The average molecular weight is 345 g/mol. The summed E-state index contributed by atoms with van der Waals surface area (Å²) in [5.74, 6) is 0.